The van der Waals surface area contributed by atoms with Crippen LogP contribution in [0.1, 0.15) is 11.1 Å². The van der Waals surface area contributed by atoms with Gasteiger partial charge in [0.15, 0.2) is 0 Å². The number of carboxylic acids is 1. The molecule has 19 heavy (non-hydrogen) atoms. The van der Waals surface area contributed by atoms with Crippen LogP contribution in [-0.2, 0) is 4.79 Å². The summed E-state index contributed by atoms with van der Waals surface area (Å²) in [5.74, 6) is -0.688. The molecule has 2 rings (SSSR count). The van der Waals surface area contributed by atoms with Crippen LogP contribution in [0.5, 0.6) is 0 Å². The molecule has 0 fully saturated rings. The Hall–Kier alpha value is -1.74. The minimum atomic E-state index is -0.788. The molecule has 2 aromatic carbocycles. The van der Waals surface area contributed by atoms with E-state index in [2.05, 4.69) is 32.0 Å². The molecule has 98 valence electrons. The molecule has 1 N–H and O–H groups in total. The van der Waals surface area contributed by atoms with Crippen molar-refractivity contribution < 1.29 is 9.90 Å². The summed E-state index contributed by atoms with van der Waals surface area (Å²) in [6.07, 6.45) is 0. The van der Waals surface area contributed by atoms with Gasteiger partial charge in [-0.05, 0) is 42.7 Å². The van der Waals surface area contributed by atoms with Crippen molar-refractivity contribution in [3.8, 4) is 11.1 Å². The predicted octanol–water partition coefficient (Wildman–Crippen LogP) is 4.15. The van der Waals surface area contributed by atoms with Crippen LogP contribution in [0.2, 0.25) is 0 Å². The summed E-state index contributed by atoms with van der Waals surface area (Å²) in [6.45, 7) is 4.18. The van der Waals surface area contributed by atoms with Gasteiger partial charge >= 0.3 is 5.97 Å². The van der Waals surface area contributed by atoms with Crippen LogP contribution in [0.15, 0.2) is 47.4 Å². The van der Waals surface area contributed by atoms with E-state index in [1.807, 2.05) is 24.3 Å². The zero-order chi connectivity index (χ0) is 13.8. The van der Waals surface area contributed by atoms with Gasteiger partial charge in [-0.1, -0.05) is 35.9 Å². The highest BCUT2D eigenvalue weighted by Crippen LogP contribution is 2.27. The molecule has 2 nitrogen and oxygen atoms in total. The Morgan fingerprint density at radius 2 is 1.79 bits per heavy atom. The molecule has 0 atom stereocenters. The van der Waals surface area contributed by atoms with Crippen LogP contribution >= 0.6 is 11.8 Å². The van der Waals surface area contributed by atoms with Crippen LogP contribution in [0.25, 0.3) is 11.1 Å². The maximum atomic E-state index is 10.5. The molecule has 0 saturated carbocycles. The summed E-state index contributed by atoms with van der Waals surface area (Å²) < 4.78 is 0. The summed E-state index contributed by atoms with van der Waals surface area (Å²) in [7, 11) is 0. The van der Waals surface area contributed by atoms with Crippen molar-refractivity contribution >= 4 is 17.7 Å². The Morgan fingerprint density at radius 1 is 1.11 bits per heavy atom. The maximum absolute atomic E-state index is 10.5. The lowest BCUT2D eigenvalue weighted by molar-refractivity contribution is -0.133. The third-order valence-electron chi connectivity index (χ3n) is 2.92. The van der Waals surface area contributed by atoms with Crippen LogP contribution in [-0.4, -0.2) is 16.8 Å². The first-order chi connectivity index (χ1) is 9.06. The monoisotopic (exact) mass is 272 g/mol. The highest BCUT2D eigenvalue weighted by Gasteiger charge is 2.04. The molecule has 0 saturated heterocycles. The van der Waals surface area contributed by atoms with Gasteiger partial charge in [0.25, 0.3) is 0 Å². The number of benzene rings is 2. The third-order valence-corrected chi connectivity index (χ3v) is 3.92. The van der Waals surface area contributed by atoms with Gasteiger partial charge in [0, 0.05) is 4.90 Å². The second kappa shape index (κ2) is 5.93. The van der Waals surface area contributed by atoms with Crippen molar-refractivity contribution in [2.75, 3.05) is 5.75 Å². The fourth-order valence-electron chi connectivity index (χ4n) is 1.92. The summed E-state index contributed by atoms with van der Waals surface area (Å²) in [5.41, 5.74) is 4.89. The number of rotatable bonds is 4. The first-order valence-corrected chi connectivity index (χ1v) is 7.07. The van der Waals surface area contributed by atoms with E-state index >= 15 is 0 Å². The van der Waals surface area contributed by atoms with Gasteiger partial charge in [-0.2, -0.15) is 0 Å². The Morgan fingerprint density at radius 3 is 2.42 bits per heavy atom. The lowest BCUT2D eigenvalue weighted by atomic mass is 9.99. The third kappa shape index (κ3) is 3.61. The van der Waals surface area contributed by atoms with E-state index in [9.17, 15) is 4.79 Å². The molecule has 0 spiro atoms. The van der Waals surface area contributed by atoms with Gasteiger partial charge in [0.05, 0.1) is 5.75 Å². The number of aliphatic carboxylic acids is 1. The summed E-state index contributed by atoms with van der Waals surface area (Å²) in [6, 6.07) is 14.5. The molecule has 3 heteroatoms. The molecule has 0 aliphatic rings. The molecular weight excluding hydrogens is 256 g/mol. The Kier molecular flexibility index (Phi) is 4.27. The number of hydrogen-bond donors (Lipinski definition) is 1. The lowest BCUT2D eigenvalue weighted by Crippen LogP contribution is -1.97. The van der Waals surface area contributed by atoms with E-state index in [0.717, 1.165) is 4.90 Å². The second-order valence-electron chi connectivity index (χ2n) is 4.53. The molecule has 0 amide bonds. The first kappa shape index (κ1) is 13.7. The van der Waals surface area contributed by atoms with E-state index in [1.165, 1.54) is 34.0 Å². The average molecular weight is 272 g/mol. The quantitative estimate of drug-likeness (QED) is 0.850. The summed E-state index contributed by atoms with van der Waals surface area (Å²) >= 11 is 1.34. The van der Waals surface area contributed by atoms with Gasteiger partial charge in [-0.15, -0.1) is 11.8 Å². The average Bonchev–Trinajstić information content (AvgIpc) is 2.40. The largest absolute Gasteiger partial charge is 0.481 e. The minimum Gasteiger partial charge on any atom is -0.481 e. The number of hydrogen-bond acceptors (Lipinski definition) is 2. The van der Waals surface area contributed by atoms with E-state index in [4.69, 9.17) is 5.11 Å². The van der Waals surface area contributed by atoms with E-state index in [-0.39, 0.29) is 5.75 Å². The van der Waals surface area contributed by atoms with Crippen molar-refractivity contribution in [3.63, 3.8) is 0 Å². The van der Waals surface area contributed by atoms with Gasteiger partial charge < -0.3 is 5.11 Å². The van der Waals surface area contributed by atoms with E-state index in [0.29, 0.717) is 0 Å². The van der Waals surface area contributed by atoms with Crippen molar-refractivity contribution in [2.24, 2.45) is 0 Å². The zero-order valence-corrected chi connectivity index (χ0v) is 11.8. The normalized spacial score (nSPS) is 10.4. The Labute approximate surface area is 117 Å². The van der Waals surface area contributed by atoms with Crippen LogP contribution in [0, 0.1) is 13.8 Å². The molecule has 0 aromatic heterocycles. The second-order valence-corrected chi connectivity index (χ2v) is 5.57. The van der Waals surface area contributed by atoms with Crippen molar-refractivity contribution in [2.45, 2.75) is 18.7 Å². The van der Waals surface area contributed by atoms with Gasteiger partial charge in [0.2, 0.25) is 0 Å². The summed E-state index contributed by atoms with van der Waals surface area (Å²) in [5, 5.41) is 8.65. The first-order valence-electron chi connectivity index (χ1n) is 6.08. The molecule has 0 unspecified atom stereocenters. The number of carboxylic acid groups (broad SMARTS) is 1. The number of thioether (sulfide) groups is 1. The standard InChI is InChI=1S/C16H16O2S/c1-11-3-4-12(2)15(9-11)13-5-7-14(8-6-13)19-10-16(17)18/h3-9H,10H2,1-2H3,(H,17,18). The summed E-state index contributed by atoms with van der Waals surface area (Å²) in [4.78, 5) is 11.5. The van der Waals surface area contributed by atoms with Crippen LogP contribution in [0.3, 0.4) is 0 Å². The molecular formula is C16H16O2S. The molecule has 0 heterocycles. The fourth-order valence-corrected chi connectivity index (χ4v) is 2.54. The van der Waals surface area contributed by atoms with Crippen LogP contribution in [0.4, 0.5) is 0 Å². The van der Waals surface area contributed by atoms with Gasteiger partial charge in [-0.25, -0.2) is 0 Å². The van der Waals surface area contributed by atoms with Crippen molar-refractivity contribution in [3.05, 3.63) is 53.6 Å². The molecule has 0 radical (unpaired) electrons. The minimum absolute atomic E-state index is 0.100. The topological polar surface area (TPSA) is 37.3 Å². The number of aryl methyl sites for hydroxylation is 2. The maximum Gasteiger partial charge on any atom is 0.313 e. The highest BCUT2D eigenvalue weighted by atomic mass is 32.2. The highest BCUT2D eigenvalue weighted by molar-refractivity contribution is 8.00. The van der Waals surface area contributed by atoms with Crippen LogP contribution < -0.4 is 0 Å². The Bertz CT molecular complexity index is 588. The SMILES string of the molecule is Cc1ccc(C)c(-c2ccc(SCC(=O)O)cc2)c1. The van der Waals surface area contributed by atoms with Crippen molar-refractivity contribution in [1.29, 1.82) is 0 Å². The Balaban J connectivity index is 2.22. The molecule has 2 aromatic rings. The van der Waals surface area contributed by atoms with Crippen molar-refractivity contribution in [1.82, 2.24) is 0 Å². The number of carbonyl (C=O) groups is 1. The predicted molar refractivity (Wildman–Crippen MR) is 79.7 cm³/mol. The smallest absolute Gasteiger partial charge is 0.313 e. The fraction of sp³-hybridized carbons (Fsp3) is 0.188. The molecule has 0 bridgehead atoms. The van der Waals surface area contributed by atoms with E-state index < -0.39 is 5.97 Å². The van der Waals surface area contributed by atoms with Gasteiger partial charge in [-0.3, -0.25) is 4.79 Å². The van der Waals surface area contributed by atoms with Gasteiger partial charge in [0.1, 0.15) is 0 Å². The molecule has 0 aliphatic carbocycles. The molecule has 0 aliphatic heterocycles. The van der Waals surface area contributed by atoms with E-state index in [1.54, 1.807) is 0 Å². The zero-order valence-electron chi connectivity index (χ0n) is 11.0. The lowest BCUT2D eigenvalue weighted by Gasteiger charge is -2.08.